The summed E-state index contributed by atoms with van der Waals surface area (Å²) in [5.41, 5.74) is 0.0353. The number of halogens is 3. The van der Waals surface area contributed by atoms with E-state index in [4.69, 9.17) is 4.52 Å². The predicted molar refractivity (Wildman–Crippen MR) is 75.1 cm³/mol. The van der Waals surface area contributed by atoms with Crippen LogP contribution in [-0.2, 0) is 0 Å². The van der Waals surface area contributed by atoms with Crippen LogP contribution in [0.25, 0.3) is 0 Å². The Morgan fingerprint density at radius 3 is 2.74 bits per heavy atom. The Labute approximate surface area is 131 Å². The summed E-state index contributed by atoms with van der Waals surface area (Å²) in [4.78, 5) is 13.3. The van der Waals surface area contributed by atoms with Gasteiger partial charge in [0.15, 0.2) is 5.69 Å². The molecule has 23 heavy (non-hydrogen) atoms. The highest BCUT2D eigenvalue weighted by molar-refractivity contribution is 5.92. The maximum Gasteiger partial charge on any atom is 0.405 e. The van der Waals surface area contributed by atoms with E-state index in [1.54, 1.807) is 0 Å². The lowest BCUT2D eigenvalue weighted by molar-refractivity contribution is -0.183. The molecule has 0 bridgehead atoms. The van der Waals surface area contributed by atoms with Gasteiger partial charge in [0.1, 0.15) is 11.8 Å². The molecule has 2 N–H and O–H groups in total. The maximum atomic E-state index is 13.2. The average Bonchev–Trinajstić information content (AvgIpc) is 3.24. The molecule has 6 nitrogen and oxygen atoms in total. The summed E-state index contributed by atoms with van der Waals surface area (Å²) < 4.78 is 44.7. The first-order chi connectivity index (χ1) is 10.9. The fourth-order valence-corrected chi connectivity index (χ4v) is 2.68. The minimum absolute atomic E-state index is 0.0353. The fourth-order valence-electron chi connectivity index (χ4n) is 2.68. The molecule has 1 saturated carbocycles. The number of hydrogen-bond acceptors (Lipinski definition) is 5. The van der Waals surface area contributed by atoms with Crippen molar-refractivity contribution in [3.05, 3.63) is 17.5 Å². The molecule has 1 aromatic heterocycles. The Morgan fingerprint density at radius 2 is 2.13 bits per heavy atom. The first-order valence-corrected chi connectivity index (χ1v) is 7.71. The third-order valence-corrected chi connectivity index (χ3v) is 4.17. The summed E-state index contributed by atoms with van der Waals surface area (Å²) in [5, 5.41) is 8.98. The van der Waals surface area contributed by atoms with Crippen molar-refractivity contribution in [1.82, 2.24) is 20.7 Å². The van der Waals surface area contributed by atoms with Gasteiger partial charge in [-0.3, -0.25) is 9.69 Å². The van der Waals surface area contributed by atoms with Gasteiger partial charge in [-0.2, -0.15) is 13.2 Å². The van der Waals surface area contributed by atoms with Crippen LogP contribution >= 0.6 is 0 Å². The molecule has 1 aliphatic carbocycles. The number of nitrogens with one attached hydrogen (secondary N) is 2. The molecule has 128 valence electrons. The molecule has 1 aromatic rings. The van der Waals surface area contributed by atoms with Gasteiger partial charge >= 0.3 is 6.18 Å². The number of aromatic nitrogens is 1. The molecule has 2 fully saturated rings. The van der Waals surface area contributed by atoms with Crippen LogP contribution in [0, 0.1) is 0 Å². The van der Waals surface area contributed by atoms with Crippen molar-refractivity contribution in [2.75, 3.05) is 32.7 Å². The lowest BCUT2D eigenvalue weighted by Gasteiger charge is -2.35. The van der Waals surface area contributed by atoms with Crippen molar-refractivity contribution in [3.8, 4) is 0 Å². The zero-order valence-corrected chi connectivity index (χ0v) is 12.5. The van der Waals surface area contributed by atoms with Crippen LogP contribution in [0.5, 0.6) is 0 Å². The van der Waals surface area contributed by atoms with Gasteiger partial charge in [0.05, 0.1) is 0 Å². The van der Waals surface area contributed by atoms with E-state index in [1.165, 1.54) is 11.0 Å². The van der Waals surface area contributed by atoms with Gasteiger partial charge < -0.3 is 15.2 Å². The molecule has 1 saturated heterocycles. The highest BCUT2D eigenvalue weighted by atomic mass is 19.4. The summed E-state index contributed by atoms with van der Waals surface area (Å²) >= 11 is 0. The lowest BCUT2D eigenvalue weighted by Crippen LogP contribution is -2.57. The third-order valence-electron chi connectivity index (χ3n) is 4.17. The molecule has 2 aliphatic rings. The highest BCUT2D eigenvalue weighted by Crippen LogP contribution is 2.40. The average molecular weight is 332 g/mol. The molecule has 0 aromatic carbocycles. The predicted octanol–water partition coefficient (Wildman–Crippen LogP) is 1.12. The summed E-state index contributed by atoms with van der Waals surface area (Å²) in [7, 11) is 0. The number of piperazine rings is 1. The molecular formula is C14H19F3N4O2. The van der Waals surface area contributed by atoms with Crippen molar-refractivity contribution in [2.24, 2.45) is 0 Å². The number of hydrogen-bond donors (Lipinski definition) is 2. The van der Waals surface area contributed by atoms with Gasteiger partial charge in [0, 0.05) is 44.7 Å². The summed E-state index contributed by atoms with van der Waals surface area (Å²) in [5.74, 6) is 0.294. The maximum absolute atomic E-state index is 13.2. The Kier molecular flexibility index (Phi) is 4.58. The van der Waals surface area contributed by atoms with Crippen molar-refractivity contribution >= 4 is 5.91 Å². The van der Waals surface area contributed by atoms with Gasteiger partial charge in [-0.25, -0.2) is 0 Å². The van der Waals surface area contributed by atoms with E-state index in [1.807, 2.05) is 0 Å². The monoisotopic (exact) mass is 332 g/mol. The Bertz CT molecular complexity index is 550. The molecule has 0 spiro atoms. The third kappa shape index (κ3) is 4.03. The highest BCUT2D eigenvalue weighted by Gasteiger charge is 2.44. The van der Waals surface area contributed by atoms with Gasteiger partial charge in [0.25, 0.3) is 5.91 Å². The Morgan fingerprint density at radius 1 is 1.43 bits per heavy atom. The van der Waals surface area contributed by atoms with Gasteiger partial charge in [-0.15, -0.1) is 0 Å². The normalized spacial score (nSPS) is 21.2. The first kappa shape index (κ1) is 16.3. The molecule has 1 unspecified atom stereocenters. The van der Waals surface area contributed by atoms with Crippen LogP contribution in [0.15, 0.2) is 10.6 Å². The molecule has 9 heteroatoms. The fraction of sp³-hybridized carbons (Fsp3) is 0.714. The summed E-state index contributed by atoms with van der Waals surface area (Å²) in [6.45, 7) is 1.13. The smallest absolute Gasteiger partial charge is 0.360 e. The Balaban J connectivity index is 1.59. The number of carbonyl (C=O) groups is 1. The molecule has 1 aliphatic heterocycles. The summed E-state index contributed by atoms with van der Waals surface area (Å²) in [6.07, 6.45) is -2.40. The molecule has 1 amide bonds. The zero-order chi connectivity index (χ0) is 16.4. The minimum Gasteiger partial charge on any atom is -0.360 e. The number of amides is 1. The Hall–Kier alpha value is -1.61. The van der Waals surface area contributed by atoms with Crippen LogP contribution in [0.2, 0.25) is 0 Å². The first-order valence-electron chi connectivity index (χ1n) is 7.71. The summed E-state index contributed by atoms with van der Waals surface area (Å²) in [6, 6.07) is -0.177. The van der Waals surface area contributed by atoms with Crippen molar-refractivity contribution in [3.63, 3.8) is 0 Å². The molecular weight excluding hydrogens is 313 g/mol. The van der Waals surface area contributed by atoms with Gasteiger partial charge in [-0.1, -0.05) is 5.16 Å². The number of carbonyl (C=O) groups excluding carboxylic acids is 1. The molecule has 2 heterocycles. The van der Waals surface area contributed by atoms with E-state index >= 15 is 0 Å². The van der Waals surface area contributed by atoms with E-state index in [2.05, 4.69) is 15.8 Å². The standard InChI is InChI=1S/C14H19F3N4O2/c15-14(16,17)12(21-5-3-18-4-6-21)8-19-13(22)10-7-11(23-20-10)9-1-2-9/h7,9,12,18H,1-6,8H2,(H,19,22). The zero-order valence-electron chi connectivity index (χ0n) is 12.5. The van der Waals surface area contributed by atoms with E-state index < -0.39 is 24.7 Å². The second-order valence-corrected chi connectivity index (χ2v) is 5.94. The molecule has 1 atom stereocenters. The van der Waals surface area contributed by atoms with E-state index in [9.17, 15) is 18.0 Å². The van der Waals surface area contributed by atoms with Crippen molar-refractivity contribution in [1.29, 1.82) is 0 Å². The largest absolute Gasteiger partial charge is 0.405 e. The minimum atomic E-state index is -4.40. The van der Waals surface area contributed by atoms with E-state index in [-0.39, 0.29) is 5.69 Å². The van der Waals surface area contributed by atoms with E-state index in [0.29, 0.717) is 37.9 Å². The van der Waals surface area contributed by atoms with Gasteiger partial charge in [-0.05, 0) is 12.8 Å². The van der Waals surface area contributed by atoms with Crippen LogP contribution in [-0.4, -0.2) is 60.9 Å². The number of nitrogens with zero attached hydrogens (tertiary/aromatic N) is 2. The molecule has 3 rings (SSSR count). The van der Waals surface area contributed by atoms with Crippen molar-refractivity contribution < 1.29 is 22.5 Å². The van der Waals surface area contributed by atoms with Crippen LogP contribution in [0.4, 0.5) is 13.2 Å². The number of rotatable bonds is 5. The SMILES string of the molecule is O=C(NCC(N1CCNCC1)C(F)(F)F)c1cc(C2CC2)on1. The topological polar surface area (TPSA) is 70.4 Å². The van der Waals surface area contributed by atoms with Crippen LogP contribution in [0.3, 0.4) is 0 Å². The second kappa shape index (κ2) is 6.48. The second-order valence-electron chi connectivity index (χ2n) is 5.94. The quantitative estimate of drug-likeness (QED) is 0.846. The van der Waals surface area contributed by atoms with E-state index in [0.717, 1.165) is 12.8 Å². The number of alkyl halides is 3. The van der Waals surface area contributed by atoms with Gasteiger partial charge in [0.2, 0.25) is 0 Å². The molecule has 0 radical (unpaired) electrons. The van der Waals surface area contributed by atoms with Crippen LogP contribution in [0.1, 0.15) is 35.0 Å². The van der Waals surface area contributed by atoms with Crippen LogP contribution < -0.4 is 10.6 Å². The van der Waals surface area contributed by atoms with Crippen molar-refractivity contribution in [2.45, 2.75) is 31.0 Å². The lowest BCUT2D eigenvalue weighted by atomic mass is 10.2.